The van der Waals surface area contributed by atoms with Crippen molar-refractivity contribution in [3.05, 3.63) is 35.9 Å². The van der Waals surface area contributed by atoms with E-state index in [9.17, 15) is 0 Å². The molecule has 1 aromatic carbocycles. The minimum absolute atomic E-state index is 0.463. The molecule has 18 heavy (non-hydrogen) atoms. The van der Waals surface area contributed by atoms with Crippen molar-refractivity contribution in [2.75, 3.05) is 0 Å². The van der Waals surface area contributed by atoms with Crippen LogP contribution in [0.4, 0.5) is 0 Å². The standard InChI is InChI=1S/C17H29N/c1-6-14(4)12-15(5)18-17(13(2)3)16-10-8-7-9-11-16/h7-11,13-15,17-18H,6,12H2,1-5H3. The van der Waals surface area contributed by atoms with Crippen molar-refractivity contribution in [1.29, 1.82) is 0 Å². The normalized spacial score (nSPS) is 16.6. The fourth-order valence-electron chi connectivity index (χ4n) is 2.48. The molecule has 0 amide bonds. The molecular formula is C17H29N. The third-order valence-electron chi connectivity index (χ3n) is 3.74. The molecule has 3 unspecified atom stereocenters. The first-order chi connectivity index (χ1) is 8.54. The Morgan fingerprint density at radius 3 is 2.11 bits per heavy atom. The van der Waals surface area contributed by atoms with Gasteiger partial charge in [0.2, 0.25) is 0 Å². The van der Waals surface area contributed by atoms with Crippen LogP contribution >= 0.6 is 0 Å². The van der Waals surface area contributed by atoms with E-state index in [0.29, 0.717) is 18.0 Å². The third kappa shape index (κ3) is 4.81. The summed E-state index contributed by atoms with van der Waals surface area (Å²) in [4.78, 5) is 0. The minimum Gasteiger partial charge on any atom is -0.307 e. The van der Waals surface area contributed by atoms with E-state index in [2.05, 4.69) is 70.3 Å². The van der Waals surface area contributed by atoms with Gasteiger partial charge in [-0.3, -0.25) is 0 Å². The molecular weight excluding hydrogens is 218 g/mol. The second-order valence-corrected chi connectivity index (χ2v) is 5.95. The average Bonchev–Trinajstić information content (AvgIpc) is 2.36. The van der Waals surface area contributed by atoms with Gasteiger partial charge in [-0.05, 0) is 30.7 Å². The summed E-state index contributed by atoms with van der Waals surface area (Å²) in [6.07, 6.45) is 2.52. The molecule has 102 valence electrons. The van der Waals surface area contributed by atoms with E-state index in [4.69, 9.17) is 0 Å². The van der Waals surface area contributed by atoms with Crippen molar-refractivity contribution < 1.29 is 0 Å². The first-order valence-electron chi connectivity index (χ1n) is 7.35. The Balaban J connectivity index is 2.64. The van der Waals surface area contributed by atoms with Gasteiger partial charge in [-0.1, -0.05) is 64.4 Å². The smallest absolute Gasteiger partial charge is 0.0345 e. The van der Waals surface area contributed by atoms with Gasteiger partial charge in [-0.25, -0.2) is 0 Å². The fraction of sp³-hybridized carbons (Fsp3) is 0.647. The quantitative estimate of drug-likeness (QED) is 0.730. The van der Waals surface area contributed by atoms with Gasteiger partial charge < -0.3 is 5.32 Å². The Kier molecular flexibility index (Phi) is 6.42. The van der Waals surface area contributed by atoms with E-state index < -0.39 is 0 Å². The van der Waals surface area contributed by atoms with Crippen molar-refractivity contribution in [3.63, 3.8) is 0 Å². The number of hydrogen-bond acceptors (Lipinski definition) is 1. The van der Waals surface area contributed by atoms with Crippen LogP contribution in [0.15, 0.2) is 30.3 Å². The highest BCUT2D eigenvalue weighted by atomic mass is 14.9. The highest BCUT2D eigenvalue weighted by Gasteiger charge is 2.18. The highest BCUT2D eigenvalue weighted by molar-refractivity contribution is 5.19. The SMILES string of the molecule is CCC(C)CC(C)NC(c1ccccc1)C(C)C. The summed E-state index contributed by atoms with van der Waals surface area (Å²) in [5, 5.41) is 3.80. The molecule has 1 rings (SSSR count). The number of rotatable bonds is 7. The van der Waals surface area contributed by atoms with Crippen LogP contribution in [0.5, 0.6) is 0 Å². The van der Waals surface area contributed by atoms with E-state index in [-0.39, 0.29) is 0 Å². The molecule has 0 spiro atoms. The molecule has 0 saturated carbocycles. The molecule has 1 nitrogen and oxygen atoms in total. The predicted molar refractivity (Wildman–Crippen MR) is 80.7 cm³/mol. The van der Waals surface area contributed by atoms with Gasteiger partial charge in [0.25, 0.3) is 0 Å². The van der Waals surface area contributed by atoms with Crippen LogP contribution in [0.1, 0.15) is 59.1 Å². The zero-order valence-corrected chi connectivity index (χ0v) is 12.6. The van der Waals surface area contributed by atoms with Crippen molar-refractivity contribution >= 4 is 0 Å². The lowest BCUT2D eigenvalue weighted by Crippen LogP contribution is -2.34. The fourth-order valence-corrected chi connectivity index (χ4v) is 2.48. The minimum atomic E-state index is 0.463. The lowest BCUT2D eigenvalue weighted by Gasteiger charge is -2.28. The van der Waals surface area contributed by atoms with Gasteiger partial charge >= 0.3 is 0 Å². The molecule has 1 heteroatoms. The molecule has 0 bridgehead atoms. The third-order valence-corrected chi connectivity index (χ3v) is 3.74. The van der Waals surface area contributed by atoms with E-state index in [0.717, 1.165) is 5.92 Å². The van der Waals surface area contributed by atoms with Gasteiger partial charge in [-0.2, -0.15) is 0 Å². The van der Waals surface area contributed by atoms with Crippen LogP contribution < -0.4 is 5.32 Å². The van der Waals surface area contributed by atoms with Crippen molar-refractivity contribution in [2.45, 2.75) is 59.5 Å². The molecule has 0 aliphatic carbocycles. The van der Waals surface area contributed by atoms with Gasteiger partial charge in [0.1, 0.15) is 0 Å². The van der Waals surface area contributed by atoms with Crippen LogP contribution in [0.3, 0.4) is 0 Å². The van der Waals surface area contributed by atoms with E-state index in [1.807, 2.05) is 0 Å². The Labute approximate surface area is 113 Å². The Morgan fingerprint density at radius 2 is 1.61 bits per heavy atom. The van der Waals surface area contributed by atoms with Crippen LogP contribution in [-0.2, 0) is 0 Å². The second-order valence-electron chi connectivity index (χ2n) is 5.95. The first-order valence-corrected chi connectivity index (χ1v) is 7.35. The van der Waals surface area contributed by atoms with Crippen LogP contribution in [-0.4, -0.2) is 6.04 Å². The van der Waals surface area contributed by atoms with E-state index in [1.54, 1.807) is 0 Å². The zero-order chi connectivity index (χ0) is 13.5. The lowest BCUT2D eigenvalue weighted by atomic mass is 9.93. The summed E-state index contributed by atoms with van der Waals surface area (Å²) in [5.74, 6) is 1.42. The highest BCUT2D eigenvalue weighted by Crippen LogP contribution is 2.23. The molecule has 0 radical (unpaired) electrons. The Morgan fingerprint density at radius 1 is 1.00 bits per heavy atom. The number of benzene rings is 1. The van der Waals surface area contributed by atoms with E-state index in [1.165, 1.54) is 18.4 Å². The summed E-state index contributed by atoms with van der Waals surface area (Å²) in [5.41, 5.74) is 1.41. The largest absolute Gasteiger partial charge is 0.307 e. The van der Waals surface area contributed by atoms with Crippen molar-refractivity contribution in [3.8, 4) is 0 Å². The van der Waals surface area contributed by atoms with Gasteiger partial charge in [0, 0.05) is 12.1 Å². The maximum Gasteiger partial charge on any atom is 0.0345 e. The molecule has 0 saturated heterocycles. The second kappa shape index (κ2) is 7.58. The summed E-state index contributed by atoms with van der Waals surface area (Å²) in [6, 6.07) is 11.8. The number of hydrogen-bond donors (Lipinski definition) is 1. The summed E-state index contributed by atoms with van der Waals surface area (Å²) >= 11 is 0. The average molecular weight is 247 g/mol. The molecule has 1 N–H and O–H groups in total. The van der Waals surface area contributed by atoms with Crippen LogP contribution in [0.2, 0.25) is 0 Å². The molecule has 0 heterocycles. The number of nitrogens with one attached hydrogen (secondary N) is 1. The molecule has 0 aliphatic heterocycles. The van der Waals surface area contributed by atoms with Gasteiger partial charge in [0.05, 0.1) is 0 Å². The van der Waals surface area contributed by atoms with Crippen LogP contribution in [0.25, 0.3) is 0 Å². The van der Waals surface area contributed by atoms with Gasteiger partial charge in [0.15, 0.2) is 0 Å². The summed E-state index contributed by atoms with van der Waals surface area (Å²) < 4.78 is 0. The summed E-state index contributed by atoms with van der Waals surface area (Å²) in [7, 11) is 0. The predicted octanol–water partition coefficient (Wildman–Crippen LogP) is 4.80. The van der Waals surface area contributed by atoms with Crippen LogP contribution in [0, 0.1) is 11.8 Å². The van der Waals surface area contributed by atoms with E-state index >= 15 is 0 Å². The molecule has 3 atom stereocenters. The maximum absolute atomic E-state index is 3.80. The molecule has 0 aromatic heterocycles. The monoisotopic (exact) mass is 247 g/mol. The molecule has 1 aromatic rings. The summed E-state index contributed by atoms with van der Waals surface area (Å²) in [6.45, 7) is 11.5. The zero-order valence-electron chi connectivity index (χ0n) is 12.6. The topological polar surface area (TPSA) is 12.0 Å². The van der Waals surface area contributed by atoms with Crippen molar-refractivity contribution in [2.24, 2.45) is 11.8 Å². The Hall–Kier alpha value is -0.820. The maximum atomic E-state index is 3.80. The molecule has 0 fully saturated rings. The lowest BCUT2D eigenvalue weighted by molar-refractivity contribution is 0.329. The van der Waals surface area contributed by atoms with Crippen molar-refractivity contribution in [1.82, 2.24) is 5.32 Å². The molecule has 0 aliphatic rings. The van der Waals surface area contributed by atoms with Gasteiger partial charge in [-0.15, -0.1) is 0 Å². The first kappa shape index (κ1) is 15.2. The Bertz CT molecular complexity index is 318.